The smallest absolute Gasteiger partial charge is 0.162 e. The molecule has 0 spiro atoms. The topological polar surface area (TPSA) is 75.7 Å². The zero-order valence-electron chi connectivity index (χ0n) is 7.70. The van der Waals surface area contributed by atoms with Crippen LogP contribution in [0.15, 0.2) is 12.1 Å². The fourth-order valence-electron chi connectivity index (χ4n) is 1.13. The van der Waals surface area contributed by atoms with Crippen molar-refractivity contribution in [3.63, 3.8) is 0 Å². The van der Waals surface area contributed by atoms with Crippen molar-refractivity contribution in [1.82, 2.24) is 0 Å². The number of benzene rings is 1. The summed E-state index contributed by atoms with van der Waals surface area (Å²) < 4.78 is 5.87. The fourth-order valence-corrected chi connectivity index (χ4v) is 1.75. The van der Waals surface area contributed by atoms with Crippen LogP contribution in [0.25, 0.3) is 0 Å². The molecule has 1 aromatic carbocycles. The minimum absolute atomic E-state index is 0.00512. The van der Waals surface area contributed by atoms with Crippen LogP contribution in [-0.2, 0) is 0 Å². The van der Waals surface area contributed by atoms with Crippen molar-refractivity contribution in [2.45, 2.75) is 6.04 Å². The molecule has 0 fully saturated rings. The van der Waals surface area contributed by atoms with E-state index < -0.39 is 6.04 Å². The van der Waals surface area contributed by atoms with Crippen LogP contribution in [0.2, 0.25) is 0 Å². The van der Waals surface area contributed by atoms with Crippen molar-refractivity contribution in [3.8, 4) is 11.5 Å². The Bertz CT molecular complexity index is 330. The van der Waals surface area contributed by atoms with Gasteiger partial charge >= 0.3 is 0 Å². The molecule has 1 atom stereocenters. The molecule has 14 heavy (non-hydrogen) atoms. The second kappa shape index (κ2) is 4.81. The average molecular weight is 309 g/mol. The number of phenols is 1. The van der Waals surface area contributed by atoms with Gasteiger partial charge in [0.2, 0.25) is 0 Å². The van der Waals surface area contributed by atoms with Gasteiger partial charge in [-0.3, -0.25) is 0 Å². The van der Waals surface area contributed by atoms with E-state index in [4.69, 9.17) is 15.6 Å². The number of aromatic hydroxyl groups is 1. The number of phenolic OH excluding ortho intramolecular Hbond substituents is 1. The van der Waals surface area contributed by atoms with Gasteiger partial charge in [-0.1, -0.05) is 0 Å². The molecule has 0 radical (unpaired) electrons. The molecule has 0 amide bonds. The summed E-state index contributed by atoms with van der Waals surface area (Å²) in [7, 11) is 1.47. The lowest BCUT2D eigenvalue weighted by Crippen LogP contribution is -2.15. The minimum Gasteiger partial charge on any atom is -0.504 e. The second-order valence-corrected chi connectivity index (χ2v) is 4.08. The quantitative estimate of drug-likeness (QED) is 0.728. The van der Waals surface area contributed by atoms with Crippen LogP contribution in [0.3, 0.4) is 0 Å². The highest BCUT2D eigenvalue weighted by molar-refractivity contribution is 14.1. The van der Waals surface area contributed by atoms with E-state index in [0.29, 0.717) is 11.3 Å². The molecule has 4 nitrogen and oxygen atoms in total. The fraction of sp³-hybridized carbons (Fsp3) is 0.333. The number of nitrogens with two attached hydrogens (primary N) is 1. The molecule has 4 N–H and O–H groups in total. The Morgan fingerprint density at radius 1 is 1.57 bits per heavy atom. The highest BCUT2D eigenvalue weighted by Gasteiger charge is 2.14. The van der Waals surface area contributed by atoms with Gasteiger partial charge in [0, 0.05) is 9.13 Å². The lowest BCUT2D eigenvalue weighted by atomic mass is 10.1. The van der Waals surface area contributed by atoms with Crippen LogP contribution in [0.5, 0.6) is 11.5 Å². The second-order valence-electron chi connectivity index (χ2n) is 2.83. The number of methoxy groups -OCH3 is 1. The lowest BCUT2D eigenvalue weighted by Gasteiger charge is -2.13. The average Bonchev–Trinajstić information content (AvgIpc) is 2.19. The third kappa shape index (κ3) is 2.28. The first-order valence-corrected chi connectivity index (χ1v) is 5.10. The first kappa shape index (κ1) is 11.5. The third-order valence-corrected chi connectivity index (χ3v) is 2.51. The van der Waals surface area contributed by atoms with Crippen LogP contribution in [0.4, 0.5) is 0 Å². The van der Waals surface area contributed by atoms with Gasteiger partial charge in [0.25, 0.3) is 0 Å². The van der Waals surface area contributed by atoms with Gasteiger partial charge in [-0.05, 0) is 34.7 Å². The van der Waals surface area contributed by atoms with Crippen molar-refractivity contribution >= 4 is 22.6 Å². The molecule has 1 rings (SSSR count). The van der Waals surface area contributed by atoms with Crippen molar-refractivity contribution in [3.05, 3.63) is 21.3 Å². The summed E-state index contributed by atoms with van der Waals surface area (Å²) >= 11 is 2.09. The number of rotatable bonds is 3. The van der Waals surface area contributed by atoms with Crippen molar-refractivity contribution in [2.75, 3.05) is 13.7 Å². The molecule has 0 aliphatic rings. The Morgan fingerprint density at radius 2 is 2.21 bits per heavy atom. The SMILES string of the molecule is COc1cc(I)cc(C(N)CO)c1O. The molecule has 5 heteroatoms. The molecule has 78 valence electrons. The largest absolute Gasteiger partial charge is 0.504 e. The number of hydrogen-bond donors (Lipinski definition) is 3. The molecule has 0 aliphatic carbocycles. The molecule has 1 unspecified atom stereocenters. The number of ether oxygens (including phenoxy) is 1. The first-order chi connectivity index (χ1) is 6.60. The van der Waals surface area contributed by atoms with Gasteiger partial charge in [-0.15, -0.1) is 0 Å². The molecule has 0 bridgehead atoms. The predicted molar refractivity (Wildman–Crippen MR) is 61.4 cm³/mol. The van der Waals surface area contributed by atoms with Crippen LogP contribution in [0, 0.1) is 3.57 Å². The molecular formula is C9H12INO3. The summed E-state index contributed by atoms with van der Waals surface area (Å²) in [5.41, 5.74) is 6.12. The maximum atomic E-state index is 9.70. The summed E-state index contributed by atoms with van der Waals surface area (Å²) in [5.74, 6) is 0.366. The number of hydrogen-bond acceptors (Lipinski definition) is 4. The van der Waals surface area contributed by atoms with Gasteiger partial charge < -0.3 is 20.7 Å². The Morgan fingerprint density at radius 3 is 2.71 bits per heavy atom. The molecule has 0 heterocycles. The van der Waals surface area contributed by atoms with E-state index in [9.17, 15) is 5.11 Å². The molecule has 0 saturated carbocycles. The lowest BCUT2D eigenvalue weighted by molar-refractivity contribution is 0.264. The first-order valence-electron chi connectivity index (χ1n) is 4.03. The number of aliphatic hydroxyl groups is 1. The van der Waals surface area contributed by atoms with E-state index in [1.165, 1.54) is 7.11 Å². The molecule has 0 saturated heterocycles. The normalized spacial score (nSPS) is 12.6. The summed E-state index contributed by atoms with van der Waals surface area (Å²) in [6.07, 6.45) is 0. The van der Waals surface area contributed by atoms with E-state index >= 15 is 0 Å². The standard InChI is InChI=1S/C9H12INO3/c1-14-8-3-5(10)2-6(9(8)13)7(11)4-12/h2-3,7,12-13H,4,11H2,1H3. The van der Waals surface area contributed by atoms with Gasteiger partial charge in [0.05, 0.1) is 19.8 Å². The van der Waals surface area contributed by atoms with Crippen LogP contribution < -0.4 is 10.5 Å². The van der Waals surface area contributed by atoms with E-state index in [2.05, 4.69) is 22.6 Å². The molecule has 0 aromatic heterocycles. The molecular weight excluding hydrogens is 297 g/mol. The number of halogens is 1. The van der Waals surface area contributed by atoms with Crippen molar-refractivity contribution in [1.29, 1.82) is 0 Å². The van der Waals surface area contributed by atoms with E-state index in [1.54, 1.807) is 12.1 Å². The predicted octanol–water partition coefficient (Wildman–Crippen LogP) is 0.997. The Balaban J connectivity index is 3.21. The van der Waals surface area contributed by atoms with Gasteiger partial charge in [-0.25, -0.2) is 0 Å². The highest BCUT2D eigenvalue weighted by atomic mass is 127. The van der Waals surface area contributed by atoms with E-state index in [0.717, 1.165) is 3.57 Å². The number of aliphatic hydroxyl groups excluding tert-OH is 1. The molecule has 0 aliphatic heterocycles. The highest BCUT2D eigenvalue weighted by Crippen LogP contribution is 2.34. The van der Waals surface area contributed by atoms with Gasteiger partial charge in [0.15, 0.2) is 11.5 Å². The summed E-state index contributed by atoms with van der Waals surface area (Å²) in [6.45, 7) is -0.212. The summed E-state index contributed by atoms with van der Waals surface area (Å²) in [6, 6.07) is 2.83. The van der Waals surface area contributed by atoms with Crippen molar-refractivity contribution in [2.24, 2.45) is 5.73 Å². The van der Waals surface area contributed by atoms with Crippen LogP contribution in [-0.4, -0.2) is 23.9 Å². The third-order valence-electron chi connectivity index (χ3n) is 1.89. The van der Waals surface area contributed by atoms with Crippen LogP contribution in [0.1, 0.15) is 11.6 Å². The van der Waals surface area contributed by atoms with Gasteiger partial charge in [0.1, 0.15) is 0 Å². The zero-order valence-corrected chi connectivity index (χ0v) is 9.85. The van der Waals surface area contributed by atoms with Crippen LogP contribution >= 0.6 is 22.6 Å². The maximum Gasteiger partial charge on any atom is 0.162 e. The Labute approximate surface area is 95.8 Å². The minimum atomic E-state index is -0.585. The van der Waals surface area contributed by atoms with Crippen molar-refractivity contribution < 1.29 is 14.9 Å². The molecule has 1 aromatic rings. The van der Waals surface area contributed by atoms with Gasteiger partial charge in [-0.2, -0.15) is 0 Å². The Kier molecular flexibility index (Phi) is 3.97. The van der Waals surface area contributed by atoms with E-state index in [1.807, 2.05) is 0 Å². The zero-order chi connectivity index (χ0) is 10.7. The van der Waals surface area contributed by atoms with E-state index in [-0.39, 0.29) is 12.4 Å². The maximum absolute atomic E-state index is 9.70. The monoisotopic (exact) mass is 309 g/mol. The summed E-state index contributed by atoms with van der Waals surface area (Å²) in [5, 5.41) is 18.6. The Hall–Kier alpha value is -0.530. The summed E-state index contributed by atoms with van der Waals surface area (Å²) in [4.78, 5) is 0.